The van der Waals surface area contributed by atoms with E-state index >= 15 is 0 Å². The zero-order valence-electron chi connectivity index (χ0n) is 15.7. The normalized spacial score (nSPS) is 11.2. The summed E-state index contributed by atoms with van der Waals surface area (Å²) in [7, 11) is 0. The molecule has 0 unspecified atom stereocenters. The second kappa shape index (κ2) is 10.2. The minimum atomic E-state index is -0.425. The highest BCUT2D eigenvalue weighted by Crippen LogP contribution is 2.31. The van der Waals surface area contributed by atoms with Gasteiger partial charge in [0.25, 0.3) is 0 Å². The number of halogens is 1. The van der Waals surface area contributed by atoms with Crippen LogP contribution in [-0.4, -0.2) is 23.6 Å². The minimum Gasteiger partial charge on any atom is -0.488 e. The number of hydrogen-bond donors (Lipinski definition) is 0. The molecule has 1 aromatic carbocycles. The van der Waals surface area contributed by atoms with Crippen LogP contribution in [0.3, 0.4) is 0 Å². The Morgan fingerprint density at radius 3 is 2.74 bits per heavy atom. The maximum Gasteiger partial charge on any atom is 0.373 e. The van der Waals surface area contributed by atoms with Crippen LogP contribution < -0.4 is 4.74 Å². The highest BCUT2D eigenvalue weighted by molar-refractivity contribution is 8.26. The largest absolute Gasteiger partial charge is 0.488 e. The molecule has 0 amide bonds. The van der Waals surface area contributed by atoms with Gasteiger partial charge >= 0.3 is 5.30 Å². The Kier molecular flexibility index (Phi) is 8.00. The Morgan fingerprint density at radius 2 is 2.11 bits per heavy atom. The smallest absolute Gasteiger partial charge is 0.373 e. The van der Waals surface area contributed by atoms with E-state index in [1.54, 1.807) is 37.5 Å². The molecule has 0 aliphatic carbocycles. The fraction of sp³-hybridized carbons (Fsp3) is 0.300. The average molecular weight is 408 g/mol. The van der Waals surface area contributed by atoms with E-state index in [1.165, 1.54) is 0 Å². The summed E-state index contributed by atoms with van der Waals surface area (Å²) in [6.07, 6.45) is 3.52. The Morgan fingerprint density at radius 1 is 1.33 bits per heavy atom. The summed E-state index contributed by atoms with van der Waals surface area (Å²) in [6.45, 7) is 8.28. The van der Waals surface area contributed by atoms with E-state index < -0.39 is 5.30 Å². The SMILES string of the molecule is CCOC(=O)S/C(=N\c1ccc(Cl)c(OCC=C(C)C)c1)c1ccoc1C. The van der Waals surface area contributed by atoms with Gasteiger partial charge in [-0.2, -0.15) is 0 Å². The molecule has 27 heavy (non-hydrogen) atoms. The lowest BCUT2D eigenvalue weighted by molar-refractivity contribution is 0.182. The lowest BCUT2D eigenvalue weighted by atomic mass is 10.2. The van der Waals surface area contributed by atoms with Gasteiger partial charge in [0.15, 0.2) is 0 Å². The summed E-state index contributed by atoms with van der Waals surface area (Å²) < 4.78 is 16.1. The first kappa shape index (κ1) is 21.1. The molecule has 0 radical (unpaired) electrons. The molecule has 0 saturated carbocycles. The number of rotatable bonds is 6. The van der Waals surface area contributed by atoms with Crippen LogP contribution in [0.2, 0.25) is 5.02 Å². The molecule has 0 fully saturated rings. The van der Waals surface area contributed by atoms with E-state index in [-0.39, 0.29) is 0 Å². The molecule has 2 aromatic rings. The van der Waals surface area contributed by atoms with Crippen LogP contribution in [0, 0.1) is 6.92 Å². The number of aliphatic imine (C=N–C) groups is 1. The second-order valence-electron chi connectivity index (χ2n) is 5.80. The third-order valence-corrected chi connectivity index (χ3v) is 4.51. The van der Waals surface area contributed by atoms with Gasteiger partial charge in [-0.3, -0.25) is 0 Å². The molecule has 0 aliphatic rings. The maximum absolute atomic E-state index is 12.0. The highest BCUT2D eigenvalue weighted by atomic mass is 35.5. The number of allylic oxidation sites excluding steroid dienone is 1. The van der Waals surface area contributed by atoms with E-state index in [4.69, 9.17) is 25.5 Å². The first-order chi connectivity index (χ1) is 12.9. The number of benzene rings is 1. The van der Waals surface area contributed by atoms with E-state index in [9.17, 15) is 4.79 Å². The van der Waals surface area contributed by atoms with Gasteiger partial charge in [-0.05, 0) is 52.0 Å². The Bertz CT molecular complexity index is 853. The van der Waals surface area contributed by atoms with Crippen molar-refractivity contribution in [3.8, 4) is 5.75 Å². The molecule has 0 spiro atoms. The quantitative estimate of drug-likeness (QED) is 0.235. The molecule has 2 rings (SSSR count). The Balaban J connectivity index is 2.33. The molecule has 0 saturated heterocycles. The van der Waals surface area contributed by atoms with Crippen molar-refractivity contribution in [2.75, 3.05) is 13.2 Å². The summed E-state index contributed by atoms with van der Waals surface area (Å²) in [4.78, 5) is 16.5. The van der Waals surface area contributed by atoms with Crippen molar-refractivity contribution >= 4 is 39.4 Å². The predicted molar refractivity (Wildman–Crippen MR) is 111 cm³/mol. The molecule has 7 heteroatoms. The minimum absolute atomic E-state index is 0.298. The second-order valence-corrected chi connectivity index (χ2v) is 7.13. The van der Waals surface area contributed by atoms with Gasteiger partial charge in [0, 0.05) is 23.4 Å². The standard InChI is InChI=1S/C20H22ClNO4S/c1-5-24-20(23)27-19(16-9-11-25-14(16)4)22-15-6-7-17(21)18(12-15)26-10-8-13(2)3/h6-9,11-12H,5,10H2,1-4H3/b22-19-. The van der Waals surface area contributed by atoms with Crippen molar-refractivity contribution in [2.45, 2.75) is 27.7 Å². The number of nitrogens with zero attached hydrogens (tertiary/aromatic N) is 1. The van der Waals surface area contributed by atoms with Gasteiger partial charge in [0.05, 0.1) is 23.6 Å². The topological polar surface area (TPSA) is 61.0 Å². The predicted octanol–water partition coefficient (Wildman–Crippen LogP) is 6.55. The van der Waals surface area contributed by atoms with Crippen LogP contribution in [-0.2, 0) is 4.74 Å². The first-order valence-corrected chi connectivity index (χ1v) is 9.63. The highest BCUT2D eigenvalue weighted by Gasteiger charge is 2.16. The molecular formula is C20H22ClNO4S. The van der Waals surface area contributed by atoms with Crippen molar-refractivity contribution in [2.24, 2.45) is 4.99 Å². The van der Waals surface area contributed by atoms with Crippen LogP contribution >= 0.6 is 23.4 Å². The number of ether oxygens (including phenoxy) is 2. The van der Waals surface area contributed by atoms with Crippen LogP contribution in [0.25, 0.3) is 0 Å². The van der Waals surface area contributed by atoms with Crippen molar-refractivity contribution in [3.05, 3.63) is 58.5 Å². The van der Waals surface area contributed by atoms with Crippen molar-refractivity contribution in [1.29, 1.82) is 0 Å². The molecule has 0 N–H and O–H groups in total. The summed E-state index contributed by atoms with van der Waals surface area (Å²) in [5.41, 5.74) is 2.50. The van der Waals surface area contributed by atoms with Crippen LogP contribution in [0.5, 0.6) is 5.75 Å². The zero-order valence-corrected chi connectivity index (χ0v) is 17.3. The summed E-state index contributed by atoms with van der Waals surface area (Å²) in [5, 5.41) is 0.554. The molecule has 0 aliphatic heterocycles. The monoisotopic (exact) mass is 407 g/mol. The summed E-state index contributed by atoms with van der Waals surface area (Å²) in [6, 6.07) is 6.98. The van der Waals surface area contributed by atoms with Gasteiger partial charge in [-0.25, -0.2) is 9.79 Å². The number of thioether (sulfide) groups is 1. The maximum atomic E-state index is 12.0. The molecular weight excluding hydrogens is 386 g/mol. The lowest BCUT2D eigenvalue weighted by Gasteiger charge is -2.09. The van der Waals surface area contributed by atoms with Crippen LogP contribution in [0.1, 0.15) is 32.1 Å². The molecule has 144 valence electrons. The van der Waals surface area contributed by atoms with Gasteiger partial charge in [0.1, 0.15) is 23.2 Å². The third-order valence-electron chi connectivity index (χ3n) is 3.41. The number of furan rings is 1. The Hall–Kier alpha value is -2.18. The van der Waals surface area contributed by atoms with Gasteiger partial charge in [0.2, 0.25) is 0 Å². The number of hydrogen-bond acceptors (Lipinski definition) is 6. The molecule has 0 atom stereocenters. The van der Waals surface area contributed by atoms with Crippen molar-refractivity contribution in [1.82, 2.24) is 0 Å². The van der Waals surface area contributed by atoms with Gasteiger partial charge in [-0.1, -0.05) is 17.2 Å². The molecule has 0 bridgehead atoms. The number of carbonyl (C=O) groups excluding carboxylic acids is 1. The zero-order chi connectivity index (χ0) is 19.8. The van der Waals surface area contributed by atoms with Gasteiger partial charge < -0.3 is 13.9 Å². The summed E-state index contributed by atoms with van der Waals surface area (Å²) in [5.74, 6) is 1.19. The van der Waals surface area contributed by atoms with Crippen LogP contribution in [0.4, 0.5) is 10.5 Å². The van der Waals surface area contributed by atoms with Gasteiger partial charge in [-0.15, -0.1) is 0 Å². The van der Waals surface area contributed by atoms with E-state index in [2.05, 4.69) is 4.99 Å². The average Bonchev–Trinajstić information content (AvgIpc) is 3.03. The van der Waals surface area contributed by atoms with E-state index in [1.807, 2.05) is 26.8 Å². The van der Waals surface area contributed by atoms with Crippen LogP contribution in [0.15, 0.2) is 51.6 Å². The molecule has 5 nitrogen and oxygen atoms in total. The number of carbonyl (C=O) groups is 1. The van der Waals surface area contributed by atoms with Crippen molar-refractivity contribution < 1.29 is 18.7 Å². The number of aryl methyl sites for hydroxylation is 1. The lowest BCUT2D eigenvalue weighted by Crippen LogP contribution is -2.04. The Labute approximate surface area is 168 Å². The molecule has 1 heterocycles. The molecule has 1 aromatic heterocycles. The fourth-order valence-electron chi connectivity index (χ4n) is 2.06. The third kappa shape index (κ3) is 6.48. The fourth-order valence-corrected chi connectivity index (χ4v) is 3.04. The van der Waals surface area contributed by atoms with Crippen molar-refractivity contribution in [3.63, 3.8) is 0 Å². The first-order valence-electron chi connectivity index (χ1n) is 8.44. The van der Waals surface area contributed by atoms with E-state index in [0.717, 1.165) is 22.9 Å². The van der Waals surface area contributed by atoms with E-state index in [0.29, 0.717) is 40.5 Å². The summed E-state index contributed by atoms with van der Waals surface area (Å²) >= 11 is 7.12.